The van der Waals surface area contributed by atoms with Crippen LogP contribution in [0.15, 0.2) is 0 Å². The van der Waals surface area contributed by atoms with Gasteiger partial charge in [-0.2, -0.15) is 0 Å². The number of hydrogen-bond donors (Lipinski definition) is 2. The van der Waals surface area contributed by atoms with Gasteiger partial charge in [0.15, 0.2) is 0 Å². The molecule has 4 saturated carbocycles. The minimum atomic E-state index is -0.623. The van der Waals surface area contributed by atoms with Gasteiger partial charge in [-0.15, -0.1) is 0 Å². The van der Waals surface area contributed by atoms with Crippen LogP contribution in [0.3, 0.4) is 0 Å². The SMILES string of the molecule is CC(C)CCC[C@H](C)[C@@H]1CC[C@@H]2[C@@H]3CC[C@@]4(O)C[C@H](O)CC[C@]4(C)[C@H]3CC[C@]21C. The Bertz CT molecular complexity index is 587. The van der Waals surface area contributed by atoms with Crippen LogP contribution in [-0.4, -0.2) is 21.9 Å². The van der Waals surface area contributed by atoms with Crippen molar-refractivity contribution in [2.24, 2.45) is 46.3 Å². The second-order valence-electron chi connectivity index (χ2n) is 12.8. The van der Waals surface area contributed by atoms with Crippen molar-refractivity contribution in [2.45, 2.75) is 123 Å². The lowest BCUT2D eigenvalue weighted by atomic mass is 9.43. The summed E-state index contributed by atoms with van der Waals surface area (Å²) < 4.78 is 0. The Balaban J connectivity index is 1.49. The van der Waals surface area contributed by atoms with Crippen LogP contribution in [0.1, 0.15) is 112 Å². The summed E-state index contributed by atoms with van der Waals surface area (Å²) in [5, 5.41) is 21.8. The molecule has 0 spiro atoms. The van der Waals surface area contributed by atoms with Gasteiger partial charge in [-0.3, -0.25) is 0 Å². The molecule has 2 nitrogen and oxygen atoms in total. The highest BCUT2D eigenvalue weighted by Crippen LogP contribution is 2.69. The monoisotopic (exact) mass is 404 g/mol. The van der Waals surface area contributed by atoms with Crippen molar-refractivity contribution in [1.82, 2.24) is 0 Å². The minimum absolute atomic E-state index is 0.0252. The maximum atomic E-state index is 11.6. The van der Waals surface area contributed by atoms with Gasteiger partial charge in [-0.05, 0) is 97.7 Å². The molecule has 4 fully saturated rings. The Morgan fingerprint density at radius 1 is 0.862 bits per heavy atom. The minimum Gasteiger partial charge on any atom is -0.393 e. The summed E-state index contributed by atoms with van der Waals surface area (Å²) in [5.41, 5.74) is -0.0719. The molecule has 0 aromatic heterocycles. The average molecular weight is 405 g/mol. The molecule has 0 aromatic carbocycles. The molecule has 0 aliphatic heterocycles. The zero-order valence-electron chi connectivity index (χ0n) is 19.9. The standard InChI is InChI=1S/C27H48O2/c1-18(2)7-6-8-19(3)22-9-10-23-21-12-16-27(29)17-20(28)11-15-26(27,5)24(21)13-14-25(22,23)4/h18-24,28-29H,6-17H2,1-5H3/t19-,20+,21-,22-,23+,24-,25-,26+,27+/m0/s1. The molecule has 0 saturated heterocycles. The predicted octanol–water partition coefficient (Wildman–Crippen LogP) is 6.58. The van der Waals surface area contributed by atoms with E-state index in [-0.39, 0.29) is 11.5 Å². The highest BCUT2D eigenvalue weighted by Gasteiger charge is 2.64. The molecular formula is C27H48O2. The zero-order chi connectivity index (χ0) is 21.0. The summed E-state index contributed by atoms with van der Waals surface area (Å²) in [6, 6.07) is 0. The van der Waals surface area contributed by atoms with E-state index in [9.17, 15) is 10.2 Å². The highest BCUT2D eigenvalue weighted by molar-refractivity contribution is 5.14. The van der Waals surface area contributed by atoms with E-state index in [0.29, 0.717) is 17.8 Å². The third-order valence-electron chi connectivity index (χ3n) is 11.0. The third-order valence-corrected chi connectivity index (χ3v) is 11.0. The van der Waals surface area contributed by atoms with Gasteiger partial charge in [0.25, 0.3) is 0 Å². The molecule has 4 aliphatic carbocycles. The molecule has 4 rings (SSSR count). The molecule has 0 heterocycles. The fourth-order valence-corrected chi connectivity index (χ4v) is 9.25. The number of fused-ring (bicyclic) bond motifs is 5. The second kappa shape index (κ2) is 7.80. The third kappa shape index (κ3) is 3.53. The van der Waals surface area contributed by atoms with Crippen LogP contribution >= 0.6 is 0 Å². The largest absolute Gasteiger partial charge is 0.393 e. The summed E-state index contributed by atoms with van der Waals surface area (Å²) in [5.74, 6) is 4.94. The first-order chi connectivity index (χ1) is 13.6. The molecule has 9 atom stereocenters. The summed E-state index contributed by atoms with van der Waals surface area (Å²) >= 11 is 0. The molecule has 29 heavy (non-hydrogen) atoms. The van der Waals surface area contributed by atoms with Crippen LogP contribution in [0.5, 0.6) is 0 Å². The molecule has 0 bridgehead atoms. The molecule has 4 aliphatic rings. The van der Waals surface area contributed by atoms with E-state index in [1.807, 2.05) is 0 Å². The molecule has 168 valence electrons. The fourth-order valence-electron chi connectivity index (χ4n) is 9.25. The topological polar surface area (TPSA) is 40.5 Å². The van der Waals surface area contributed by atoms with Crippen molar-refractivity contribution in [3.8, 4) is 0 Å². The molecule has 2 N–H and O–H groups in total. The van der Waals surface area contributed by atoms with Crippen molar-refractivity contribution in [1.29, 1.82) is 0 Å². The maximum absolute atomic E-state index is 11.6. The lowest BCUT2D eigenvalue weighted by Crippen LogP contribution is -2.62. The van der Waals surface area contributed by atoms with Crippen molar-refractivity contribution in [3.05, 3.63) is 0 Å². The zero-order valence-corrected chi connectivity index (χ0v) is 19.9. The Morgan fingerprint density at radius 3 is 2.34 bits per heavy atom. The average Bonchev–Trinajstić information content (AvgIpc) is 2.99. The molecular weight excluding hydrogens is 356 g/mol. The highest BCUT2D eigenvalue weighted by atomic mass is 16.3. The Labute approximate surface area is 180 Å². The van der Waals surface area contributed by atoms with Gasteiger partial charge < -0.3 is 10.2 Å². The lowest BCUT2D eigenvalue weighted by Gasteiger charge is -2.64. The molecule has 0 unspecified atom stereocenters. The van der Waals surface area contributed by atoms with E-state index in [1.165, 1.54) is 51.4 Å². The van der Waals surface area contributed by atoms with Crippen molar-refractivity contribution in [2.75, 3.05) is 0 Å². The van der Waals surface area contributed by atoms with Gasteiger partial charge in [0.2, 0.25) is 0 Å². The summed E-state index contributed by atoms with van der Waals surface area (Å²) in [4.78, 5) is 0. The predicted molar refractivity (Wildman–Crippen MR) is 121 cm³/mol. The Morgan fingerprint density at radius 2 is 1.62 bits per heavy atom. The van der Waals surface area contributed by atoms with Crippen LogP contribution in [0.25, 0.3) is 0 Å². The number of aliphatic hydroxyl groups is 2. The van der Waals surface area contributed by atoms with Gasteiger partial charge in [0.05, 0.1) is 11.7 Å². The van der Waals surface area contributed by atoms with Gasteiger partial charge in [-0.25, -0.2) is 0 Å². The first-order valence-electron chi connectivity index (χ1n) is 13.0. The van der Waals surface area contributed by atoms with E-state index in [4.69, 9.17) is 0 Å². The fraction of sp³-hybridized carbons (Fsp3) is 1.00. The van der Waals surface area contributed by atoms with Crippen LogP contribution < -0.4 is 0 Å². The van der Waals surface area contributed by atoms with E-state index < -0.39 is 5.60 Å². The molecule has 0 radical (unpaired) electrons. The molecule has 0 aromatic rings. The van der Waals surface area contributed by atoms with E-state index in [0.717, 1.165) is 48.9 Å². The maximum Gasteiger partial charge on any atom is 0.0728 e. The lowest BCUT2D eigenvalue weighted by molar-refractivity contribution is -0.220. The first-order valence-corrected chi connectivity index (χ1v) is 13.0. The van der Waals surface area contributed by atoms with Crippen LogP contribution in [-0.2, 0) is 0 Å². The van der Waals surface area contributed by atoms with Gasteiger partial charge >= 0.3 is 0 Å². The van der Waals surface area contributed by atoms with Crippen molar-refractivity contribution >= 4 is 0 Å². The van der Waals surface area contributed by atoms with Crippen LogP contribution in [0, 0.1) is 46.3 Å². The van der Waals surface area contributed by atoms with Gasteiger partial charge in [0.1, 0.15) is 0 Å². The summed E-state index contributed by atoms with van der Waals surface area (Å²) in [7, 11) is 0. The van der Waals surface area contributed by atoms with Crippen LogP contribution in [0.2, 0.25) is 0 Å². The normalized spacial score (nSPS) is 50.7. The summed E-state index contributed by atoms with van der Waals surface area (Å²) in [6.07, 6.45) is 14.1. The molecule has 2 heteroatoms. The van der Waals surface area contributed by atoms with E-state index in [1.54, 1.807) is 0 Å². The van der Waals surface area contributed by atoms with Crippen molar-refractivity contribution in [3.63, 3.8) is 0 Å². The summed E-state index contributed by atoms with van der Waals surface area (Å²) in [6.45, 7) is 12.3. The van der Waals surface area contributed by atoms with E-state index >= 15 is 0 Å². The Hall–Kier alpha value is -0.0800. The van der Waals surface area contributed by atoms with Crippen molar-refractivity contribution < 1.29 is 10.2 Å². The van der Waals surface area contributed by atoms with E-state index in [2.05, 4.69) is 34.6 Å². The first kappa shape index (κ1) is 22.1. The number of aliphatic hydroxyl groups excluding tert-OH is 1. The number of hydrogen-bond acceptors (Lipinski definition) is 2. The molecule has 0 amide bonds. The second-order valence-corrected chi connectivity index (χ2v) is 12.8. The Kier molecular flexibility index (Phi) is 5.95. The van der Waals surface area contributed by atoms with Gasteiger partial charge in [0, 0.05) is 6.42 Å². The quantitative estimate of drug-likeness (QED) is 0.543. The van der Waals surface area contributed by atoms with Gasteiger partial charge in [-0.1, -0.05) is 53.9 Å². The number of rotatable bonds is 5. The van der Waals surface area contributed by atoms with Crippen LogP contribution in [0.4, 0.5) is 0 Å². The smallest absolute Gasteiger partial charge is 0.0728 e.